The summed E-state index contributed by atoms with van der Waals surface area (Å²) in [5.41, 5.74) is 2.57. The molecule has 0 bridgehead atoms. The molecule has 1 amide bonds. The Bertz CT molecular complexity index is 1210. The van der Waals surface area contributed by atoms with Crippen LogP contribution in [0.5, 0.6) is 11.5 Å². The lowest BCUT2D eigenvalue weighted by Gasteiger charge is -2.16. The monoisotopic (exact) mass is 442 g/mol. The normalized spacial score (nSPS) is 13.1. The number of rotatable bonds is 5. The van der Waals surface area contributed by atoms with E-state index in [1.54, 1.807) is 54.6 Å². The van der Waals surface area contributed by atoms with Crippen molar-refractivity contribution >= 4 is 38.9 Å². The van der Waals surface area contributed by atoms with E-state index < -0.39 is 10.0 Å². The molecule has 1 heterocycles. The van der Waals surface area contributed by atoms with Gasteiger partial charge in [-0.3, -0.25) is 9.10 Å². The molecule has 6 nitrogen and oxygen atoms in total. The van der Waals surface area contributed by atoms with E-state index in [2.05, 4.69) is 5.32 Å². The third kappa shape index (κ3) is 4.27. The number of nitrogens with one attached hydrogen (secondary N) is 1. The standard InChI is InChI=1S/C22H19ClN2O4S/c1-30(27,28)25-13-12-15-14-16(6-11-20(15)25)22(26)24-17-7-9-18(10-8-17)29-21-5-3-2-4-19(21)23/h2-11,14H,12-13H2,1H3,(H,24,26). The molecule has 0 aliphatic carbocycles. The highest BCUT2D eigenvalue weighted by Gasteiger charge is 2.26. The largest absolute Gasteiger partial charge is 0.456 e. The number of ether oxygens (including phenoxy) is 1. The van der Waals surface area contributed by atoms with E-state index in [0.29, 0.717) is 46.4 Å². The molecule has 1 aliphatic heterocycles. The molecule has 0 unspecified atom stereocenters. The van der Waals surface area contributed by atoms with Gasteiger partial charge in [0.15, 0.2) is 0 Å². The Morgan fingerprint density at radius 3 is 2.50 bits per heavy atom. The first-order valence-electron chi connectivity index (χ1n) is 9.26. The summed E-state index contributed by atoms with van der Waals surface area (Å²) in [5.74, 6) is 0.882. The molecule has 0 atom stereocenters. The van der Waals surface area contributed by atoms with E-state index in [0.717, 1.165) is 5.56 Å². The average molecular weight is 443 g/mol. The van der Waals surface area contributed by atoms with Crippen LogP contribution in [0.1, 0.15) is 15.9 Å². The molecule has 0 fully saturated rings. The second-order valence-corrected chi connectivity index (χ2v) is 9.25. The number of para-hydroxylation sites is 1. The molecular weight excluding hydrogens is 424 g/mol. The zero-order valence-electron chi connectivity index (χ0n) is 16.1. The Kier molecular flexibility index (Phi) is 5.40. The lowest BCUT2D eigenvalue weighted by atomic mass is 10.1. The van der Waals surface area contributed by atoms with E-state index in [1.165, 1.54) is 10.6 Å². The van der Waals surface area contributed by atoms with Gasteiger partial charge < -0.3 is 10.1 Å². The molecule has 0 spiro atoms. The number of carbonyl (C=O) groups excluding carboxylic acids is 1. The Morgan fingerprint density at radius 2 is 1.80 bits per heavy atom. The number of fused-ring (bicyclic) bond motifs is 1. The van der Waals surface area contributed by atoms with Crippen LogP contribution in [0, 0.1) is 0 Å². The number of anilines is 2. The molecule has 0 aromatic heterocycles. The van der Waals surface area contributed by atoms with Gasteiger partial charge in [-0.25, -0.2) is 8.42 Å². The number of amides is 1. The van der Waals surface area contributed by atoms with Crippen LogP contribution in [0.3, 0.4) is 0 Å². The van der Waals surface area contributed by atoms with Crippen LogP contribution in [0.15, 0.2) is 66.7 Å². The second-order valence-electron chi connectivity index (χ2n) is 6.94. The van der Waals surface area contributed by atoms with Crippen LogP contribution < -0.4 is 14.4 Å². The molecular formula is C22H19ClN2O4S. The first-order valence-corrected chi connectivity index (χ1v) is 11.5. The summed E-state index contributed by atoms with van der Waals surface area (Å²) < 4.78 is 30.8. The zero-order valence-corrected chi connectivity index (χ0v) is 17.7. The summed E-state index contributed by atoms with van der Waals surface area (Å²) in [6.45, 7) is 0.395. The summed E-state index contributed by atoms with van der Waals surface area (Å²) >= 11 is 6.10. The van der Waals surface area contributed by atoms with Crippen LogP contribution in [-0.4, -0.2) is 27.1 Å². The van der Waals surface area contributed by atoms with Gasteiger partial charge in [-0.05, 0) is 66.6 Å². The molecule has 30 heavy (non-hydrogen) atoms. The van der Waals surface area contributed by atoms with Gasteiger partial charge in [-0.1, -0.05) is 23.7 Å². The quantitative estimate of drug-likeness (QED) is 0.621. The van der Waals surface area contributed by atoms with E-state index in [9.17, 15) is 13.2 Å². The Morgan fingerprint density at radius 1 is 1.07 bits per heavy atom. The fourth-order valence-electron chi connectivity index (χ4n) is 3.32. The Hall–Kier alpha value is -3.03. The van der Waals surface area contributed by atoms with Crippen LogP contribution in [0.25, 0.3) is 0 Å². The molecule has 0 saturated carbocycles. The lowest BCUT2D eigenvalue weighted by Crippen LogP contribution is -2.27. The number of nitrogens with zero attached hydrogens (tertiary/aromatic N) is 1. The van der Waals surface area contributed by atoms with Crippen molar-refractivity contribution in [2.24, 2.45) is 0 Å². The molecule has 154 valence electrons. The second kappa shape index (κ2) is 8.01. The summed E-state index contributed by atoms with van der Waals surface area (Å²) in [5, 5.41) is 3.36. The first kappa shape index (κ1) is 20.3. The molecule has 1 aliphatic rings. The first-order chi connectivity index (χ1) is 14.3. The van der Waals surface area contributed by atoms with Crippen molar-refractivity contribution in [3.63, 3.8) is 0 Å². The number of carbonyl (C=O) groups is 1. The van der Waals surface area contributed by atoms with Gasteiger partial charge >= 0.3 is 0 Å². The number of halogens is 1. The topological polar surface area (TPSA) is 75.7 Å². The Labute approximate surface area is 180 Å². The third-order valence-electron chi connectivity index (χ3n) is 4.77. The third-order valence-corrected chi connectivity index (χ3v) is 6.26. The molecule has 4 rings (SSSR count). The maximum absolute atomic E-state index is 12.6. The highest BCUT2D eigenvalue weighted by molar-refractivity contribution is 7.92. The van der Waals surface area contributed by atoms with Gasteiger partial charge in [0, 0.05) is 17.8 Å². The minimum Gasteiger partial charge on any atom is -0.456 e. The minimum absolute atomic E-state index is 0.268. The maximum atomic E-state index is 12.6. The van der Waals surface area contributed by atoms with Crippen molar-refractivity contribution in [3.8, 4) is 11.5 Å². The van der Waals surface area contributed by atoms with Crippen molar-refractivity contribution in [3.05, 3.63) is 82.9 Å². The predicted octanol–water partition coefficient (Wildman–Crippen LogP) is 4.71. The van der Waals surface area contributed by atoms with Gasteiger partial charge in [0.05, 0.1) is 17.0 Å². The van der Waals surface area contributed by atoms with Crippen LogP contribution >= 0.6 is 11.6 Å². The predicted molar refractivity (Wildman–Crippen MR) is 118 cm³/mol. The minimum atomic E-state index is -3.31. The Balaban J connectivity index is 1.45. The maximum Gasteiger partial charge on any atom is 0.255 e. The van der Waals surface area contributed by atoms with Gasteiger partial charge in [-0.2, -0.15) is 0 Å². The van der Waals surface area contributed by atoms with Crippen LogP contribution in [0.4, 0.5) is 11.4 Å². The lowest BCUT2D eigenvalue weighted by molar-refractivity contribution is 0.102. The van der Waals surface area contributed by atoms with Crippen LogP contribution in [-0.2, 0) is 16.4 Å². The van der Waals surface area contributed by atoms with Crippen molar-refractivity contribution in [1.29, 1.82) is 0 Å². The summed E-state index contributed by atoms with van der Waals surface area (Å²) in [6, 6.07) is 19.2. The molecule has 0 radical (unpaired) electrons. The fraction of sp³-hybridized carbons (Fsp3) is 0.136. The molecule has 0 saturated heterocycles. The summed E-state index contributed by atoms with van der Waals surface area (Å²) in [6.07, 6.45) is 1.76. The van der Waals surface area contributed by atoms with Crippen molar-refractivity contribution in [2.45, 2.75) is 6.42 Å². The number of sulfonamides is 1. The molecule has 3 aromatic rings. The SMILES string of the molecule is CS(=O)(=O)N1CCc2cc(C(=O)Nc3ccc(Oc4ccccc4Cl)cc3)ccc21. The van der Waals surface area contributed by atoms with Gasteiger partial charge in [0.1, 0.15) is 11.5 Å². The van der Waals surface area contributed by atoms with Gasteiger partial charge in [0.25, 0.3) is 5.91 Å². The summed E-state index contributed by atoms with van der Waals surface area (Å²) in [7, 11) is -3.31. The molecule has 3 aromatic carbocycles. The number of benzene rings is 3. The van der Waals surface area contributed by atoms with Crippen molar-refractivity contribution in [1.82, 2.24) is 0 Å². The molecule has 1 N–H and O–H groups in total. The van der Waals surface area contributed by atoms with Crippen molar-refractivity contribution in [2.75, 3.05) is 22.4 Å². The summed E-state index contributed by atoms with van der Waals surface area (Å²) in [4.78, 5) is 12.6. The fourth-order valence-corrected chi connectivity index (χ4v) is 4.45. The van der Waals surface area contributed by atoms with Crippen molar-refractivity contribution < 1.29 is 17.9 Å². The number of hydrogen-bond donors (Lipinski definition) is 1. The smallest absolute Gasteiger partial charge is 0.255 e. The highest BCUT2D eigenvalue weighted by Crippen LogP contribution is 2.31. The van der Waals surface area contributed by atoms with Gasteiger partial charge in [-0.15, -0.1) is 0 Å². The zero-order chi connectivity index (χ0) is 21.3. The van der Waals surface area contributed by atoms with Crippen LogP contribution in [0.2, 0.25) is 5.02 Å². The highest BCUT2D eigenvalue weighted by atomic mass is 35.5. The van der Waals surface area contributed by atoms with E-state index in [1.807, 2.05) is 12.1 Å². The number of hydrogen-bond acceptors (Lipinski definition) is 4. The molecule has 8 heteroatoms. The van der Waals surface area contributed by atoms with E-state index in [-0.39, 0.29) is 5.91 Å². The van der Waals surface area contributed by atoms with E-state index >= 15 is 0 Å². The van der Waals surface area contributed by atoms with E-state index in [4.69, 9.17) is 16.3 Å². The van der Waals surface area contributed by atoms with Gasteiger partial charge in [0.2, 0.25) is 10.0 Å². The average Bonchev–Trinajstić information content (AvgIpc) is 3.15.